The van der Waals surface area contributed by atoms with Gasteiger partial charge in [0.15, 0.2) is 0 Å². The van der Waals surface area contributed by atoms with Crippen LogP contribution >= 0.6 is 15.9 Å². The maximum atomic E-state index is 5.75. The smallest absolute Gasteiger partial charge is 0.0478 e. The van der Waals surface area contributed by atoms with Gasteiger partial charge in [0.2, 0.25) is 0 Å². The van der Waals surface area contributed by atoms with Crippen LogP contribution in [-0.2, 0) is 13.0 Å². The zero-order chi connectivity index (χ0) is 15.8. The van der Waals surface area contributed by atoms with Crippen molar-refractivity contribution in [3.8, 4) is 0 Å². The summed E-state index contributed by atoms with van der Waals surface area (Å²) in [5.41, 5.74) is 11.9. The first-order chi connectivity index (χ1) is 11.2. The molecule has 0 saturated carbocycles. The van der Waals surface area contributed by atoms with Gasteiger partial charge in [0.1, 0.15) is 0 Å². The molecule has 0 amide bonds. The van der Waals surface area contributed by atoms with Crippen molar-refractivity contribution in [3.05, 3.63) is 63.8 Å². The van der Waals surface area contributed by atoms with Crippen molar-refractivity contribution < 1.29 is 0 Å². The van der Waals surface area contributed by atoms with Gasteiger partial charge in [-0.2, -0.15) is 0 Å². The molecule has 1 aromatic heterocycles. The molecule has 0 bridgehead atoms. The number of anilines is 1. The molecule has 2 aromatic carbocycles. The second-order valence-corrected chi connectivity index (χ2v) is 7.19. The number of halogens is 1. The molecule has 0 aliphatic heterocycles. The highest BCUT2D eigenvalue weighted by Gasteiger charge is 2.23. The van der Waals surface area contributed by atoms with E-state index in [1.807, 2.05) is 12.1 Å². The second-order valence-electron chi connectivity index (χ2n) is 6.27. The average molecular weight is 370 g/mol. The number of nitrogen functional groups attached to an aromatic ring is 1. The Morgan fingerprint density at radius 3 is 2.83 bits per heavy atom. The standard InChI is InChI=1S/C19H20BrN3/c20-13-6-9-17-16(10-13)15-2-1-3-18(19(15)23-17)22-11-12-4-7-14(21)8-5-12/h4-10,18,22-23H,1-3,11,21H2/t18-/m1/s1. The Balaban J connectivity index is 1.60. The Labute approximate surface area is 144 Å². The van der Waals surface area contributed by atoms with E-state index in [4.69, 9.17) is 5.73 Å². The Morgan fingerprint density at radius 2 is 2.00 bits per heavy atom. The number of nitrogens with one attached hydrogen (secondary N) is 2. The summed E-state index contributed by atoms with van der Waals surface area (Å²) in [5, 5.41) is 5.06. The van der Waals surface area contributed by atoms with Crippen LogP contribution in [0.25, 0.3) is 10.9 Å². The largest absolute Gasteiger partial charge is 0.399 e. The third-order valence-corrected chi connectivity index (χ3v) is 5.19. The topological polar surface area (TPSA) is 53.8 Å². The van der Waals surface area contributed by atoms with Crippen LogP contribution in [0.5, 0.6) is 0 Å². The van der Waals surface area contributed by atoms with Gasteiger partial charge in [-0.1, -0.05) is 28.1 Å². The molecule has 23 heavy (non-hydrogen) atoms. The summed E-state index contributed by atoms with van der Waals surface area (Å²) < 4.78 is 1.14. The lowest BCUT2D eigenvalue weighted by molar-refractivity contribution is 0.452. The van der Waals surface area contributed by atoms with Crippen LogP contribution in [0.2, 0.25) is 0 Å². The zero-order valence-corrected chi connectivity index (χ0v) is 14.5. The first-order valence-electron chi connectivity index (χ1n) is 8.08. The SMILES string of the molecule is Nc1ccc(CN[C@@H]2CCCc3c2[nH]c2ccc(Br)cc32)cc1. The molecule has 1 aliphatic rings. The molecule has 0 fully saturated rings. The van der Waals surface area contributed by atoms with E-state index in [0.29, 0.717) is 6.04 Å². The molecule has 0 unspecified atom stereocenters. The molecule has 4 heteroatoms. The monoisotopic (exact) mass is 369 g/mol. The number of benzene rings is 2. The summed E-state index contributed by atoms with van der Waals surface area (Å²) in [7, 11) is 0. The van der Waals surface area contributed by atoms with E-state index >= 15 is 0 Å². The van der Waals surface area contributed by atoms with Crippen LogP contribution in [0.15, 0.2) is 46.9 Å². The fourth-order valence-electron chi connectivity index (χ4n) is 3.52. The molecule has 118 valence electrons. The third kappa shape index (κ3) is 2.89. The molecule has 1 atom stereocenters. The van der Waals surface area contributed by atoms with Crippen LogP contribution in [0.3, 0.4) is 0 Å². The minimum Gasteiger partial charge on any atom is -0.399 e. The number of aromatic amines is 1. The van der Waals surface area contributed by atoms with Crippen LogP contribution in [0.1, 0.15) is 35.7 Å². The van der Waals surface area contributed by atoms with Crippen molar-refractivity contribution in [1.82, 2.24) is 10.3 Å². The van der Waals surface area contributed by atoms with Gasteiger partial charge in [-0.15, -0.1) is 0 Å². The van der Waals surface area contributed by atoms with Crippen molar-refractivity contribution in [2.75, 3.05) is 5.73 Å². The molecule has 4 N–H and O–H groups in total. The molecule has 1 heterocycles. The number of aryl methyl sites for hydroxylation is 1. The highest BCUT2D eigenvalue weighted by Crippen LogP contribution is 2.35. The van der Waals surface area contributed by atoms with E-state index in [0.717, 1.165) is 23.1 Å². The van der Waals surface area contributed by atoms with Gasteiger partial charge in [0.25, 0.3) is 0 Å². The van der Waals surface area contributed by atoms with Gasteiger partial charge in [-0.05, 0) is 60.7 Å². The van der Waals surface area contributed by atoms with Crippen LogP contribution in [0, 0.1) is 0 Å². The van der Waals surface area contributed by atoms with E-state index < -0.39 is 0 Å². The lowest BCUT2D eigenvalue weighted by atomic mass is 9.91. The van der Waals surface area contributed by atoms with E-state index in [2.05, 4.69) is 56.6 Å². The van der Waals surface area contributed by atoms with Gasteiger partial charge < -0.3 is 16.0 Å². The highest BCUT2D eigenvalue weighted by molar-refractivity contribution is 9.10. The number of aromatic nitrogens is 1. The Kier molecular flexibility index (Phi) is 3.87. The van der Waals surface area contributed by atoms with Crippen molar-refractivity contribution in [1.29, 1.82) is 0 Å². The van der Waals surface area contributed by atoms with Gasteiger partial charge in [-0.3, -0.25) is 0 Å². The molecule has 0 saturated heterocycles. The molecule has 1 aliphatic carbocycles. The number of rotatable bonds is 3. The summed E-state index contributed by atoms with van der Waals surface area (Å²) in [5.74, 6) is 0. The third-order valence-electron chi connectivity index (χ3n) is 4.70. The normalized spacial score (nSPS) is 17.3. The average Bonchev–Trinajstić information content (AvgIpc) is 2.93. The Hall–Kier alpha value is -1.78. The van der Waals surface area contributed by atoms with Crippen molar-refractivity contribution in [2.45, 2.75) is 31.8 Å². The second kappa shape index (κ2) is 6.02. The predicted octanol–water partition coefficient (Wildman–Crippen LogP) is 4.68. The number of hydrogen-bond acceptors (Lipinski definition) is 2. The maximum absolute atomic E-state index is 5.75. The van der Waals surface area contributed by atoms with Gasteiger partial charge in [0.05, 0.1) is 0 Å². The van der Waals surface area contributed by atoms with Crippen LogP contribution in [-0.4, -0.2) is 4.98 Å². The molecular weight excluding hydrogens is 350 g/mol. The van der Waals surface area contributed by atoms with Gasteiger partial charge >= 0.3 is 0 Å². The number of hydrogen-bond donors (Lipinski definition) is 3. The molecule has 0 radical (unpaired) electrons. The highest BCUT2D eigenvalue weighted by atomic mass is 79.9. The summed E-state index contributed by atoms with van der Waals surface area (Å²) >= 11 is 3.59. The summed E-state index contributed by atoms with van der Waals surface area (Å²) in [4.78, 5) is 3.64. The molecule has 3 nitrogen and oxygen atoms in total. The number of nitrogens with two attached hydrogens (primary N) is 1. The first-order valence-corrected chi connectivity index (χ1v) is 8.88. The lowest BCUT2D eigenvalue weighted by Crippen LogP contribution is -2.24. The quantitative estimate of drug-likeness (QED) is 0.587. The van der Waals surface area contributed by atoms with Gasteiger partial charge in [-0.25, -0.2) is 0 Å². The lowest BCUT2D eigenvalue weighted by Gasteiger charge is -2.24. The number of fused-ring (bicyclic) bond motifs is 3. The minimum absolute atomic E-state index is 0.391. The first kappa shape index (κ1) is 14.8. The van der Waals surface area contributed by atoms with Crippen LogP contribution in [0.4, 0.5) is 5.69 Å². The van der Waals surface area contributed by atoms with E-state index in [-0.39, 0.29) is 0 Å². The molecule has 0 spiro atoms. The fourth-order valence-corrected chi connectivity index (χ4v) is 3.88. The molecular formula is C19H20BrN3. The molecule has 4 rings (SSSR count). The van der Waals surface area contributed by atoms with E-state index in [1.54, 1.807) is 0 Å². The van der Waals surface area contributed by atoms with Crippen LogP contribution < -0.4 is 11.1 Å². The zero-order valence-electron chi connectivity index (χ0n) is 12.9. The Bertz CT molecular complexity index is 836. The van der Waals surface area contributed by atoms with Crippen molar-refractivity contribution in [3.63, 3.8) is 0 Å². The van der Waals surface area contributed by atoms with Gasteiger partial charge in [0, 0.05) is 39.3 Å². The van der Waals surface area contributed by atoms with Crippen molar-refractivity contribution >= 4 is 32.5 Å². The minimum atomic E-state index is 0.391. The van der Waals surface area contributed by atoms with E-state index in [1.165, 1.54) is 40.6 Å². The van der Waals surface area contributed by atoms with E-state index in [9.17, 15) is 0 Å². The summed E-state index contributed by atoms with van der Waals surface area (Å²) in [6.45, 7) is 0.865. The summed E-state index contributed by atoms with van der Waals surface area (Å²) in [6.07, 6.45) is 3.56. The molecule has 3 aromatic rings. The predicted molar refractivity (Wildman–Crippen MR) is 99.4 cm³/mol. The Morgan fingerprint density at radius 1 is 1.17 bits per heavy atom. The van der Waals surface area contributed by atoms with Crippen molar-refractivity contribution in [2.24, 2.45) is 0 Å². The summed E-state index contributed by atoms with van der Waals surface area (Å²) in [6, 6.07) is 15.0. The fraction of sp³-hybridized carbons (Fsp3) is 0.263. The maximum Gasteiger partial charge on any atom is 0.0478 e. The number of H-pyrrole nitrogens is 1.